The summed E-state index contributed by atoms with van der Waals surface area (Å²) in [4.78, 5) is 5.54. The van der Waals surface area contributed by atoms with Crippen molar-refractivity contribution in [2.75, 3.05) is 23.6 Å². The van der Waals surface area contributed by atoms with Crippen LogP contribution in [0.2, 0.25) is 0 Å². The lowest BCUT2D eigenvalue weighted by Gasteiger charge is -2.12. The highest BCUT2D eigenvalue weighted by Gasteiger charge is 2.12. The number of nitrogens with zero attached hydrogens (tertiary/aromatic N) is 1. The number of benzene rings is 1. The van der Waals surface area contributed by atoms with Crippen LogP contribution in [0, 0.1) is 12.7 Å². The van der Waals surface area contributed by atoms with Gasteiger partial charge in [-0.15, -0.1) is 11.3 Å². The summed E-state index contributed by atoms with van der Waals surface area (Å²) in [5.74, 6) is -0.0534. The first-order valence-corrected chi connectivity index (χ1v) is 10.7. The Morgan fingerprint density at radius 2 is 2.08 bits per heavy atom. The van der Waals surface area contributed by atoms with Gasteiger partial charge in [-0.05, 0) is 43.0 Å². The van der Waals surface area contributed by atoms with Gasteiger partial charge in [-0.3, -0.25) is 4.72 Å². The molecule has 0 radical (unpaired) electrons. The Kier molecular flexibility index (Phi) is 7.40. The summed E-state index contributed by atoms with van der Waals surface area (Å²) in [5, 5.41) is 8.05. The van der Waals surface area contributed by atoms with Gasteiger partial charge in [0, 0.05) is 18.0 Å². The molecule has 0 spiro atoms. The Balaban J connectivity index is 1.88. The molecule has 0 aliphatic carbocycles. The lowest BCUT2D eigenvalue weighted by atomic mass is 10.2. The predicted octanol–water partition coefficient (Wildman–Crippen LogP) is 2.69. The maximum atomic E-state index is 13.5. The summed E-state index contributed by atoms with van der Waals surface area (Å²) in [6.45, 7) is 4.94. The zero-order chi connectivity index (χ0) is 19.0. The molecule has 0 bridgehead atoms. The Labute approximate surface area is 157 Å². The van der Waals surface area contributed by atoms with Crippen LogP contribution in [0.5, 0.6) is 0 Å². The van der Waals surface area contributed by atoms with E-state index < -0.39 is 15.8 Å². The monoisotopic (exact) mass is 398 g/mol. The number of guanidine groups is 1. The summed E-state index contributed by atoms with van der Waals surface area (Å²) in [5.41, 5.74) is 0.679. The Hall–Kier alpha value is -2.13. The van der Waals surface area contributed by atoms with Gasteiger partial charge < -0.3 is 10.6 Å². The van der Waals surface area contributed by atoms with Crippen LogP contribution in [0.3, 0.4) is 0 Å². The fourth-order valence-corrected chi connectivity index (χ4v) is 3.68. The van der Waals surface area contributed by atoms with Gasteiger partial charge >= 0.3 is 0 Å². The number of nitrogens with one attached hydrogen (secondary N) is 3. The van der Waals surface area contributed by atoms with Crippen LogP contribution in [0.1, 0.15) is 17.4 Å². The Bertz CT molecular complexity index is 836. The van der Waals surface area contributed by atoms with E-state index in [4.69, 9.17) is 0 Å². The van der Waals surface area contributed by atoms with E-state index in [2.05, 4.69) is 20.3 Å². The molecule has 1 aromatic heterocycles. The maximum absolute atomic E-state index is 13.5. The van der Waals surface area contributed by atoms with E-state index in [9.17, 15) is 12.8 Å². The third kappa shape index (κ3) is 6.64. The molecule has 2 rings (SSSR count). The van der Waals surface area contributed by atoms with Gasteiger partial charge in [-0.2, -0.15) is 0 Å². The van der Waals surface area contributed by atoms with Crippen LogP contribution < -0.4 is 15.4 Å². The van der Waals surface area contributed by atoms with Gasteiger partial charge in [0.25, 0.3) is 0 Å². The van der Waals surface area contributed by atoms with Crippen molar-refractivity contribution in [2.45, 2.75) is 20.4 Å². The first-order chi connectivity index (χ1) is 12.4. The number of halogens is 1. The highest BCUT2D eigenvalue weighted by atomic mass is 32.2. The van der Waals surface area contributed by atoms with E-state index in [1.807, 2.05) is 24.4 Å². The molecule has 0 aliphatic rings. The fraction of sp³-hybridized carbons (Fsp3) is 0.353. The molecular formula is C17H23FN4O2S2. The van der Waals surface area contributed by atoms with Crippen LogP contribution >= 0.6 is 11.3 Å². The van der Waals surface area contributed by atoms with E-state index >= 15 is 0 Å². The van der Waals surface area contributed by atoms with Gasteiger partial charge in [-0.25, -0.2) is 17.8 Å². The molecule has 6 nitrogen and oxygen atoms in total. The van der Waals surface area contributed by atoms with Gasteiger partial charge in [0.2, 0.25) is 10.0 Å². The second-order valence-corrected chi connectivity index (χ2v) is 8.46. The van der Waals surface area contributed by atoms with Crippen molar-refractivity contribution in [1.82, 2.24) is 10.6 Å². The predicted molar refractivity (Wildman–Crippen MR) is 106 cm³/mol. The average molecular weight is 399 g/mol. The second-order valence-electron chi connectivity index (χ2n) is 5.59. The highest BCUT2D eigenvalue weighted by Crippen LogP contribution is 2.15. The smallest absolute Gasteiger partial charge is 0.234 e. The summed E-state index contributed by atoms with van der Waals surface area (Å²) in [6, 6.07) is 8.20. The molecule has 0 atom stereocenters. The number of rotatable bonds is 8. The normalized spacial score (nSPS) is 12.0. The third-order valence-corrected chi connectivity index (χ3v) is 5.58. The van der Waals surface area contributed by atoms with E-state index in [-0.39, 0.29) is 18.0 Å². The first-order valence-electron chi connectivity index (χ1n) is 8.21. The van der Waals surface area contributed by atoms with Gasteiger partial charge in [0.1, 0.15) is 5.82 Å². The standard InChI is InChI=1S/C17H23FN4O2S2/c1-3-19-17(21-12-15-5-4-9-25-15)20-8-10-26(23,24)22-14-7-6-13(2)16(18)11-14/h4-7,9,11,22H,3,8,10,12H2,1-2H3,(H2,19,20,21). The number of hydrogen-bond acceptors (Lipinski definition) is 4. The van der Waals surface area contributed by atoms with Crippen LogP contribution in [0.15, 0.2) is 40.7 Å². The largest absolute Gasteiger partial charge is 0.357 e. The van der Waals surface area contributed by atoms with Crippen molar-refractivity contribution in [3.63, 3.8) is 0 Å². The molecule has 3 N–H and O–H groups in total. The SMILES string of the molecule is CCNC(=NCc1cccs1)NCCS(=O)(=O)Nc1ccc(C)c(F)c1. The Morgan fingerprint density at radius 1 is 1.27 bits per heavy atom. The van der Waals surface area contributed by atoms with E-state index in [0.29, 0.717) is 24.6 Å². The third-order valence-electron chi connectivity index (χ3n) is 3.43. The molecule has 0 amide bonds. The number of aliphatic imine (C=N–C) groups is 1. The van der Waals surface area contributed by atoms with Crippen molar-refractivity contribution in [3.05, 3.63) is 52.0 Å². The fourth-order valence-electron chi connectivity index (χ4n) is 2.09. The maximum Gasteiger partial charge on any atom is 0.234 e. The molecular weight excluding hydrogens is 375 g/mol. The molecule has 0 aliphatic heterocycles. The van der Waals surface area contributed by atoms with E-state index in [1.54, 1.807) is 18.3 Å². The Morgan fingerprint density at radius 3 is 2.73 bits per heavy atom. The van der Waals surface area contributed by atoms with Crippen molar-refractivity contribution < 1.29 is 12.8 Å². The molecule has 26 heavy (non-hydrogen) atoms. The lowest BCUT2D eigenvalue weighted by Crippen LogP contribution is -2.40. The van der Waals surface area contributed by atoms with Crippen LogP contribution in [-0.4, -0.2) is 33.2 Å². The average Bonchev–Trinajstić information content (AvgIpc) is 3.09. The summed E-state index contributed by atoms with van der Waals surface area (Å²) in [6.07, 6.45) is 0. The van der Waals surface area contributed by atoms with Crippen LogP contribution in [0.4, 0.5) is 10.1 Å². The summed E-state index contributed by atoms with van der Waals surface area (Å²) in [7, 11) is -3.59. The minimum atomic E-state index is -3.59. The van der Waals surface area contributed by atoms with Crippen molar-refractivity contribution in [3.8, 4) is 0 Å². The zero-order valence-corrected chi connectivity index (χ0v) is 16.4. The number of aryl methyl sites for hydroxylation is 1. The molecule has 142 valence electrons. The number of hydrogen-bond donors (Lipinski definition) is 3. The van der Waals surface area contributed by atoms with E-state index in [0.717, 1.165) is 4.88 Å². The lowest BCUT2D eigenvalue weighted by molar-refractivity contribution is 0.599. The molecule has 1 heterocycles. The highest BCUT2D eigenvalue weighted by molar-refractivity contribution is 7.92. The molecule has 1 aromatic carbocycles. The van der Waals surface area contributed by atoms with Gasteiger partial charge in [-0.1, -0.05) is 12.1 Å². The van der Waals surface area contributed by atoms with Crippen molar-refractivity contribution in [2.24, 2.45) is 4.99 Å². The minimum absolute atomic E-state index is 0.161. The second kappa shape index (κ2) is 9.54. The number of sulfonamides is 1. The van der Waals surface area contributed by atoms with Gasteiger partial charge in [0.15, 0.2) is 5.96 Å². The molecule has 0 saturated heterocycles. The molecule has 9 heteroatoms. The number of thiophene rings is 1. The minimum Gasteiger partial charge on any atom is -0.357 e. The van der Waals surface area contributed by atoms with Crippen LogP contribution in [0.25, 0.3) is 0 Å². The summed E-state index contributed by atoms with van der Waals surface area (Å²) >= 11 is 1.62. The zero-order valence-electron chi connectivity index (χ0n) is 14.8. The number of anilines is 1. The quantitative estimate of drug-likeness (QED) is 0.472. The van der Waals surface area contributed by atoms with E-state index in [1.165, 1.54) is 18.2 Å². The molecule has 0 fully saturated rings. The molecule has 2 aromatic rings. The van der Waals surface area contributed by atoms with Crippen molar-refractivity contribution in [1.29, 1.82) is 0 Å². The summed E-state index contributed by atoms with van der Waals surface area (Å²) < 4.78 is 40.2. The van der Waals surface area contributed by atoms with Gasteiger partial charge in [0.05, 0.1) is 18.0 Å². The first kappa shape index (κ1) is 20.2. The van der Waals surface area contributed by atoms with Crippen LogP contribution in [-0.2, 0) is 16.6 Å². The van der Waals surface area contributed by atoms with Crippen molar-refractivity contribution >= 4 is 33.0 Å². The topological polar surface area (TPSA) is 82.6 Å². The molecule has 0 saturated carbocycles. The molecule has 0 unspecified atom stereocenters.